The van der Waals surface area contributed by atoms with Crippen LogP contribution >= 0.6 is 0 Å². The van der Waals surface area contributed by atoms with Crippen molar-refractivity contribution in [3.05, 3.63) is 124 Å². The van der Waals surface area contributed by atoms with Gasteiger partial charge in [-0.05, 0) is 84.8 Å². The molecule has 0 radical (unpaired) electrons. The molecule has 4 aromatic rings. The maximum atomic E-state index is 13.8. The van der Waals surface area contributed by atoms with Gasteiger partial charge in [-0.15, -0.1) is 0 Å². The summed E-state index contributed by atoms with van der Waals surface area (Å²) < 4.78 is 17.3. The highest BCUT2D eigenvalue weighted by atomic mass is 16.6. The fraction of sp³-hybridized carbons (Fsp3) is 0.386. The Hall–Kier alpha value is -5.07. The average molecular weight is 748 g/mol. The van der Waals surface area contributed by atoms with Crippen LogP contribution in [0.2, 0.25) is 0 Å². The van der Waals surface area contributed by atoms with Gasteiger partial charge >= 0.3 is 6.09 Å². The smallest absolute Gasteiger partial charge is 0.407 e. The van der Waals surface area contributed by atoms with E-state index in [1.165, 1.54) is 0 Å². The maximum absolute atomic E-state index is 13.8. The topological polar surface area (TPSA) is 144 Å². The van der Waals surface area contributed by atoms with Crippen molar-refractivity contribution >= 4 is 23.6 Å². The number of carbonyl (C=O) groups is 3. The number of amides is 3. The first-order valence-corrected chi connectivity index (χ1v) is 18.9. The van der Waals surface area contributed by atoms with Crippen molar-refractivity contribution in [3.63, 3.8) is 0 Å². The zero-order valence-electron chi connectivity index (χ0n) is 32.6. The highest BCUT2D eigenvalue weighted by Gasteiger charge is 2.33. The first-order chi connectivity index (χ1) is 26.3. The van der Waals surface area contributed by atoms with Crippen molar-refractivity contribution in [2.75, 3.05) is 38.3 Å². The molecule has 0 saturated heterocycles. The predicted molar refractivity (Wildman–Crippen MR) is 214 cm³/mol. The molecule has 4 aromatic carbocycles. The van der Waals surface area contributed by atoms with Gasteiger partial charge in [-0.25, -0.2) is 4.79 Å². The third-order valence-electron chi connectivity index (χ3n) is 10.8. The lowest BCUT2D eigenvalue weighted by molar-refractivity contribution is -0.118. The summed E-state index contributed by atoms with van der Waals surface area (Å²) in [6.45, 7) is 11.1. The average Bonchev–Trinajstić information content (AvgIpc) is 3.50. The van der Waals surface area contributed by atoms with Crippen LogP contribution in [0.1, 0.15) is 97.1 Å². The van der Waals surface area contributed by atoms with Gasteiger partial charge in [0.25, 0.3) is 5.91 Å². The molecule has 55 heavy (non-hydrogen) atoms. The summed E-state index contributed by atoms with van der Waals surface area (Å²) in [5, 5.41) is 5.80. The Balaban J connectivity index is 1.08. The molecule has 1 aliphatic heterocycles. The quantitative estimate of drug-likeness (QED) is 0.0872. The van der Waals surface area contributed by atoms with Gasteiger partial charge in [0.05, 0.1) is 30.4 Å². The lowest BCUT2D eigenvalue weighted by Gasteiger charge is -2.35. The minimum atomic E-state index is -0.615. The van der Waals surface area contributed by atoms with E-state index >= 15 is 0 Å². The summed E-state index contributed by atoms with van der Waals surface area (Å²) in [6.07, 6.45) is -0.534. The SMILES string of the molecule is COC(C)(C)COC(C)(C)CNC(=O)c1ccc2c(c1)C(COC(=O)NCCC(=O)N1Cc3ccccc3C(NN)C(C)c3ccccc31)c1ccccc1-2. The third-order valence-corrected chi connectivity index (χ3v) is 10.8. The number of carbonyl (C=O) groups excluding carboxylic acids is 3. The largest absolute Gasteiger partial charge is 0.449 e. The second-order valence-corrected chi connectivity index (χ2v) is 15.6. The molecule has 0 aromatic heterocycles. The number of methoxy groups -OCH3 is 1. The van der Waals surface area contributed by atoms with Crippen molar-refractivity contribution in [1.82, 2.24) is 16.1 Å². The Bertz CT molecular complexity index is 2030. The number of nitrogens with one attached hydrogen (secondary N) is 3. The van der Waals surface area contributed by atoms with E-state index in [-0.39, 0.29) is 49.3 Å². The summed E-state index contributed by atoms with van der Waals surface area (Å²) in [5.74, 6) is 5.43. The summed E-state index contributed by atoms with van der Waals surface area (Å²) in [6, 6.07) is 29.4. The maximum Gasteiger partial charge on any atom is 0.407 e. The number of hydrogen-bond acceptors (Lipinski definition) is 8. The van der Waals surface area contributed by atoms with Crippen LogP contribution in [-0.2, 0) is 25.5 Å². The van der Waals surface area contributed by atoms with Crippen LogP contribution in [0.5, 0.6) is 0 Å². The molecule has 2 aliphatic rings. The van der Waals surface area contributed by atoms with Crippen molar-refractivity contribution < 1.29 is 28.6 Å². The number of anilines is 1. The fourth-order valence-corrected chi connectivity index (χ4v) is 7.38. The van der Waals surface area contributed by atoms with Gasteiger partial charge < -0.3 is 29.7 Å². The van der Waals surface area contributed by atoms with Gasteiger partial charge in [0.2, 0.25) is 5.91 Å². The molecule has 3 unspecified atom stereocenters. The molecule has 0 fully saturated rings. The molecule has 3 atom stereocenters. The van der Waals surface area contributed by atoms with Gasteiger partial charge in [-0.2, -0.15) is 0 Å². The minimum absolute atomic E-state index is 0.00631. The Morgan fingerprint density at radius 2 is 1.49 bits per heavy atom. The molecule has 0 saturated carbocycles. The second kappa shape index (κ2) is 16.7. The van der Waals surface area contributed by atoms with Gasteiger partial charge in [0, 0.05) is 49.7 Å². The number of rotatable bonds is 13. The molecule has 1 aliphatic carbocycles. The summed E-state index contributed by atoms with van der Waals surface area (Å²) in [7, 11) is 1.64. The molecule has 6 rings (SSSR count). The molecule has 3 amide bonds. The predicted octanol–water partition coefficient (Wildman–Crippen LogP) is 6.72. The molecular weight excluding hydrogens is 695 g/mol. The van der Waals surface area contributed by atoms with Crippen LogP contribution in [0.15, 0.2) is 91.0 Å². The van der Waals surface area contributed by atoms with E-state index in [1.54, 1.807) is 12.0 Å². The Morgan fingerprint density at radius 3 is 2.24 bits per heavy atom. The van der Waals surface area contributed by atoms with E-state index in [1.807, 2.05) is 119 Å². The number of alkyl carbamates (subject to hydrolysis) is 1. The monoisotopic (exact) mass is 747 g/mol. The van der Waals surface area contributed by atoms with Crippen LogP contribution in [0.3, 0.4) is 0 Å². The lowest BCUT2D eigenvalue weighted by Crippen LogP contribution is -2.43. The van der Waals surface area contributed by atoms with Gasteiger partial charge in [0.15, 0.2) is 0 Å². The second-order valence-electron chi connectivity index (χ2n) is 15.6. The fourth-order valence-electron chi connectivity index (χ4n) is 7.38. The zero-order valence-corrected chi connectivity index (χ0v) is 32.6. The summed E-state index contributed by atoms with van der Waals surface area (Å²) in [4.78, 5) is 42.1. The minimum Gasteiger partial charge on any atom is -0.449 e. The number of nitrogens with two attached hydrogens (primary N) is 1. The highest BCUT2D eigenvalue weighted by Crippen LogP contribution is 2.45. The standard InChI is InChI=1S/C44H53N5O6/c1-28-31-14-11-12-18-38(31)49(24-30-13-7-8-15-32(30)40(28)48-45)39(50)21-22-46-42(52)54-25-37-34-17-10-9-16-33(34)35-20-19-29(23-36(35)37)41(51)47-26-43(2,3)55-27-44(4,5)53-6/h7-20,23,28,37,40,48H,21-22,24-27,45H2,1-6H3,(H,46,52)(H,47,51). The number of nitrogens with zero attached hydrogens (tertiary/aromatic N) is 1. The number of hydrogen-bond donors (Lipinski definition) is 4. The zero-order chi connectivity index (χ0) is 39.3. The molecule has 0 spiro atoms. The molecule has 1 heterocycles. The van der Waals surface area contributed by atoms with E-state index < -0.39 is 17.3 Å². The highest BCUT2D eigenvalue weighted by molar-refractivity contribution is 5.96. The summed E-state index contributed by atoms with van der Waals surface area (Å²) in [5.41, 5.74) is 10.3. The third kappa shape index (κ3) is 8.92. The van der Waals surface area contributed by atoms with E-state index in [9.17, 15) is 14.4 Å². The Kier molecular flexibility index (Phi) is 12.1. The number of para-hydroxylation sites is 1. The number of hydrazine groups is 1. The Morgan fingerprint density at radius 1 is 0.818 bits per heavy atom. The van der Waals surface area contributed by atoms with Crippen LogP contribution in [0.25, 0.3) is 11.1 Å². The van der Waals surface area contributed by atoms with E-state index in [0.717, 1.165) is 44.6 Å². The van der Waals surface area contributed by atoms with Crippen LogP contribution < -0.4 is 26.8 Å². The normalized spacial score (nSPS) is 17.5. The molecule has 11 nitrogen and oxygen atoms in total. The number of fused-ring (bicyclic) bond motifs is 5. The first-order valence-electron chi connectivity index (χ1n) is 18.9. The molecule has 11 heteroatoms. The van der Waals surface area contributed by atoms with E-state index in [2.05, 4.69) is 23.0 Å². The van der Waals surface area contributed by atoms with Crippen molar-refractivity contribution in [2.24, 2.45) is 5.84 Å². The van der Waals surface area contributed by atoms with Crippen LogP contribution in [-0.4, -0.2) is 62.5 Å². The first kappa shape index (κ1) is 39.6. The Labute approximate surface area is 323 Å². The van der Waals surface area contributed by atoms with Crippen molar-refractivity contribution in [2.45, 2.75) is 76.7 Å². The van der Waals surface area contributed by atoms with E-state index in [0.29, 0.717) is 25.3 Å². The van der Waals surface area contributed by atoms with Gasteiger partial charge in [-0.3, -0.25) is 20.9 Å². The van der Waals surface area contributed by atoms with Gasteiger partial charge in [-0.1, -0.05) is 79.7 Å². The van der Waals surface area contributed by atoms with E-state index in [4.69, 9.17) is 20.1 Å². The van der Waals surface area contributed by atoms with Crippen molar-refractivity contribution in [1.29, 1.82) is 0 Å². The molecule has 0 bridgehead atoms. The molecular formula is C44H53N5O6. The number of ether oxygens (including phenoxy) is 3. The molecule has 5 N–H and O–H groups in total. The van der Waals surface area contributed by atoms with Crippen LogP contribution in [0.4, 0.5) is 10.5 Å². The van der Waals surface area contributed by atoms with Gasteiger partial charge in [0.1, 0.15) is 6.61 Å². The molecule has 290 valence electrons. The summed E-state index contributed by atoms with van der Waals surface area (Å²) >= 11 is 0. The van der Waals surface area contributed by atoms with Crippen molar-refractivity contribution in [3.8, 4) is 11.1 Å². The lowest BCUT2D eigenvalue weighted by atomic mass is 9.84. The van der Waals surface area contributed by atoms with Crippen LogP contribution in [0, 0.1) is 0 Å². The number of benzene rings is 4.